The standard InChI is InChI=1S/C5H9N3OS2/c1-11(9)3-2-8-4-6-7-5(8)10/h4H,2-3H2,1H3,(H,7,10). The fraction of sp³-hybridized carbons (Fsp3) is 0.600. The van der Waals surface area contributed by atoms with Crippen LogP contribution in [0.25, 0.3) is 0 Å². The molecule has 0 aliphatic heterocycles. The molecule has 0 aliphatic carbocycles. The summed E-state index contributed by atoms with van der Waals surface area (Å²) in [6.07, 6.45) is 3.28. The predicted octanol–water partition coefficient (Wildman–Crippen LogP) is 0.319. The summed E-state index contributed by atoms with van der Waals surface area (Å²) >= 11 is 4.88. The van der Waals surface area contributed by atoms with E-state index in [1.807, 2.05) is 0 Å². The second-order valence-corrected chi connectivity index (χ2v) is 4.07. The Labute approximate surface area is 72.1 Å². The average molecular weight is 191 g/mol. The minimum absolute atomic E-state index is 0.579. The smallest absolute Gasteiger partial charge is 0.194 e. The number of aromatic amines is 1. The molecule has 1 N–H and O–H groups in total. The Hall–Kier alpha value is -0.490. The van der Waals surface area contributed by atoms with Crippen LogP contribution >= 0.6 is 12.2 Å². The molecule has 62 valence electrons. The van der Waals surface area contributed by atoms with Crippen molar-refractivity contribution < 1.29 is 4.21 Å². The number of hydrogen-bond donors (Lipinski definition) is 1. The van der Waals surface area contributed by atoms with Crippen molar-refractivity contribution in [3.63, 3.8) is 0 Å². The van der Waals surface area contributed by atoms with Gasteiger partial charge < -0.3 is 4.57 Å². The van der Waals surface area contributed by atoms with Crippen molar-refractivity contribution in [1.82, 2.24) is 14.8 Å². The van der Waals surface area contributed by atoms with E-state index in [9.17, 15) is 4.21 Å². The Morgan fingerprint density at radius 3 is 3.09 bits per heavy atom. The second kappa shape index (κ2) is 3.77. The lowest BCUT2D eigenvalue weighted by atomic mass is 10.7. The summed E-state index contributed by atoms with van der Waals surface area (Å²) in [4.78, 5) is 0. The molecule has 1 atom stereocenters. The van der Waals surface area contributed by atoms with Gasteiger partial charge in [0.15, 0.2) is 4.77 Å². The summed E-state index contributed by atoms with van der Waals surface area (Å²) in [5.41, 5.74) is 0. The van der Waals surface area contributed by atoms with Gasteiger partial charge in [0, 0.05) is 29.4 Å². The van der Waals surface area contributed by atoms with Crippen molar-refractivity contribution in [2.75, 3.05) is 12.0 Å². The molecule has 0 spiro atoms. The maximum absolute atomic E-state index is 10.7. The maximum Gasteiger partial charge on any atom is 0.194 e. The van der Waals surface area contributed by atoms with Crippen LogP contribution in [0.5, 0.6) is 0 Å². The molecule has 1 aromatic rings. The van der Waals surface area contributed by atoms with Crippen LogP contribution in [0, 0.1) is 4.77 Å². The molecule has 0 fully saturated rings. The molecule has 1 rings (SSSR count). The van der Waals surface area contributed by atoms with Crippen LogP contribution in [0.1, 0.15) is 0 Å². The lowest BCUT2D eigenvalue weighted by molar-refractivity contribution is 0.675. The van der Waals surface area contributed by atoms with Crippen LogP contribution in [0.4, 0.5) is 0 Å². The van der Waals surface area contributed by atoms with Crippen molar-refractivity contribution >= 4 is 23.0 Å². The van der Waals surface area contributed by atoms with Gasteiger partial charge in [-0.2, -0.15) is 5.10 Å². The monoisotopic (exact) mass is 191 g/mol. The number of H-pyrrole nitrogens is 1. The summed E-state index contributed by atoms with van der Waals surface area (Å²) < 4.78 is 13.0. The van der Waals surface area contributed by atoms with Gasteiger partial charge in [0.1, 0.15) is 6.33 Å². The van der Waals surface area contributed by atoms with E-state index in [0.29, 0.717) is 17.1 Å². The van der Waals surface area contributed by atoms with Crippen molar-refractivity contribution in [3.05, 3.63) is 11.1 Å². The van der Waals surface area contributed by atoms with Crippen LogP contribution in [-0.2, 0) is 17.3 Å². The molecule has 0 saturated heterocycles. The highest BCUT2D eigenvalue weighted by Gasteiger charge is 1.94. The molecule has 11 heavy (non-hydrogen) atoms. The third kappa shape index (κ3) is 2.55. The summed E-state index contributed by atoms with van der Waals surface area (Å²) in [6.45, 7) is 0.665. The number of aromatic nitrogens is 3. The molecule has 0 aromatic carbocycles. The third-order valence-electron chi connectivity index (χ3n) is 1.24. The molecule has 0 aliphatic rings. The van der Waals surface area contributed by atoms with Crippen molar-refractivity contribution in [1.29, 1.82) is 0 Å². The van der Waals surface area contributed by atoms with Gasteiger partial charge in [-0.3, -0.25) is 9.31 Å². The van der Waals surface area contributed by atoms with Gasteiger partial charge in [-0.15, -0.1) is 0 Å². The summed E-state index contributed by atoms with van der Waals surface area (Å²) in [7, 11) is -0.767. The largest absolute Gasteiger partial charge is 0.306 e. The van der Waals surface area contributed by atoms with Crippen LogP contribution in [0.15, 0.2) is 6.33 Å². The first-order valence-corrected chi connectivity index (χ1v) is 5.23. The lowest BCUT2D eigenvalue weighted by Crippen LogP contribution is -2.05. The van der Waals surface area contributed by atoms with Gasteiger partial charge in [-0.1, -0.05) is 0 Å². The summed E-state index contributed by atoms with van der Waals surface area (Å²) in [6, 6.07) is 0. The molecule has 6 heteroatoms. The van der Waals surface area contributed by atoms with Gasteiger partial charge >= 0.3 is 0 Å². The zero-order valence-electron chi connectivity index (χ0n) is 6.11. The highest BCUT2D eigenvalue weighted by molar-refractivity contribution is 7.84. The fourth-order valence-electron chi connectivity index (χ4n) is 0.657. The molecule has 1 heterocycles. The zero-order chi connectivity index (χ0) is 8.27. The number of aryl methyl sites for hydroxylation is 1. The van der Waals surface area contributed by atoms with E-state index >= 15 is 0 Å². The number of nitrogens with one attached hydrogen (secondary N) is 1. The first-order valence-electron chi connectivity index (χ1n) is 3.10. The molecule has 0 bridgehead atoms. The van der Waals surface area contributed by atoms with E-state index in [0.717, 1.165) is 0 Å². The van der Waals surface area contributed by atoms with E-state index < -0.39 is 10.8 Å². The van der Waals surface area contributed by atoms with Crippen molar-refractivity contribution in [2.45, 2.75) is 6.54 Å². The summed E-state index contributed by atoms with van der Waals surface area (Å²) in [5.74, 6) is 0.619. The first-order chi connectivity index (χ1) is 5.20. The minimum Gasteiger partial charge on any atom is -0.306 e. The highest BCUT2D eigenvalue weighted by Crippen LogP contribution is 1.88. The average Bonchev–Trinajstić information content (AvgIpc) is 2.31. The first kappa shape index (κ1) is 8.61. The van der Waals surface area contributed by atoms with E-state index in [-0.39, 0.29) is 0 Å². The lowest BCUT2D eigenvalue weighted by Gasteiger charge is -1.96. The van der Waals surface area contributed by atoms with Gasteiger partial charge in [0.05, 0.1) is 0 Å². The van der Waals surface area contributed by atoms with Gasteiger partial charge in [0.2, 0.25) is 0 Å². The van der Waals surface area contributed by atoms with E-state index in [4.69, 9.17) is 12.2 Å². The zero-order valence-corrected chi connectivity index (χ0v) is 7.74. The Kier molecular flexibility index (Phi) is 2.95. The van der Waals surface area contributed by atoms with E-state index in [1.54, 1.807) is 17.2 Å². The van der Waals surface area contributed by atoms with Crippen LogP contribution in [0.3, 0.4) is 0 Å². The second-order valence-electron chi connectivity index (χ2n) is 2.13. The van der Waals surface area contributed by atoms with Crippen molar-refractivity contribution in [3.8, 4) is 0 Å². The highest BCUT2D eigenvalue weighted by atomic mass is 32.2. The van der Waals surface area contributed by atoms with E-state index in [2.05, 4.69) is 10.2 Å². The van der Waals surface area contributed by atoms with E-state index in [1.165, 1.54) is 0 Å². The fourth-order valence-corrected chi connectivity index (χ4v) is 1.30. The van der Waals surface area contributed by atoms with Gasteiger partial charge in [-0.05, 0) is 12.2 Å². The molecule has 4 nitrogen and oxygen atoms in total. The molecule has 0 amide bonds. The summed E-state index contributed by atoms with van der Waals surface area (Å²) in [5, 5.41) is 6.36. The molecular weight excluding hydrogens is 182 g/mol. The molecule has 1 aromatic heterocycles. The SMILES string of the molecule is CS(=O)CCn1cn[nH]c1=S. The molecule has 1 unspecified atom stereocenters. The maximum atomic E-state index is 10.7. The van der Waals surface area contributed by atoms with Gasteiger partial charge in [-0.25, -0.2) is 0 Å². The topological polar surface area (TPSA) is 50.7 Å². The molecule has 0 radical (unpaired) electrons. The van der Waals surface area contributed by atoms with Crippen LogP contribution < -0.4 is 0 Å². The Morgan fingerprint density at radius 2 is 2.64 bits per heavy atom. The quantitative estimate of drug-likeness (QED) is 0.700. The number of rotatable bonds is 3. The number of nitrogens with zero attached hydrogens (tertiary/aromatic N) is 2. The molecule has 0 saturated carbocycles. The number of hydrogen-bond acceptors (Lipinski definition) is 3. The predicted molar refractivity (Wildman–Crippen MR) is 46.3 cm³/mol. The van der Waals surface area contributed by atoms with Crippen molar-refractivity contribution in [2.24, 2.45) is 0 Å². The van der Waals surface area contributed by atoms with Crippen LogP contribution in [-0.4, -0.2) is 31.0 Å². The Balaban J connectivity index is 2.58. The molecular formula is C5H9N3OS2. The third-order valence-corrected chi connectivity index (χ3v) is 2.32. The Morgan fingerprint density at radius 1 is 1.91 bits per heavy atom. The minimum atomic E-state index is -0.767. The van der Waals surface area contributed by atoms with Gasteiger partial charge in [0.25, 0.3) is 0 Å². The van der Waals surface area contributed by atoms with Crippen LogP contribution in [0.2, 0.25) is 0 Å². The normalized spacial score (nSPS) is 13.2. The Bertz CT molecular complexity index is 303.